The second kappa shape index (κ2) is 5.71. The molecular formula is C24H31NO5. The zero-order valence-corrected chi connectivity index (χ0v) is 17.9. The van der Waals surface area contributed by atoms with Gasteiger partial charge in [-0.25, -0.2) is 0 Å². The van der Waals surface area contributed by atoms with Crippen molar-refractivity contribution in [3.05, 3.63) is 23.3 Å². The van der Waals surface area contributed by atoms with Crippen LogP contribution >= 0.6 is 0 Å². The monoisotopic (exact) mass is 413 g/mol. The summed E-state index contributed by atoms with van der Waals surface area (Å²) in [5, 5.41) is 12.5. The largest absolute Gasteiger partial charge is 0.493 e. The van der Waals surface area contributed by atoms with E-state index in [9.17, 15) is 5.11 Å². The molecule has 2 bridgehead atoms. The van der Waals surface area contributed by atoms with Gasteiger partial charge in [-0.05, 0) is 55.7 Å². The number of aliphatic hydroxyl groups is 1. The number of rotatable bonds is 3. The van der Waals surface area contributed by atoms with Gasteiger partial charge in [0.2, 0.25) is 5.79 Å². The first-order valence-electron chi connectivity index (χ1n) is 11.6. The highest BCUT2D eigenvalue weighted by molar-refractivity contribution is 5.63. The van der Waals surface area contributed by atoms with Gasteiger partial charge in [-0.2, -0.15) is 0 Å². The predicted octanol–water partition coefficient (Wildman–Crippen LogP) is 2.25. The van der Waals surface area contributed by atoms with Gasteiger partial charge in [0.25, 0.3) is 0 Å². The lowest BCUT2D eigenvalue weighted by molar-refractivity contribution is -0.297. The third-order valence-electron chi connectivity index (χ3n) is 9.30. The Bertz CT molecular complexity index is 913. The summed E-state index contributed by atoms with van der Waals surface area (Å²) in [5.74, 6) is 2.40. The van der Waals surface area contributed by atoms with Gasteiger partial charge < -0.3 is 24.1 Å². The fourth-order valence-corrected chi connectivity index (χ4v) is 7.68. The molecule has 3 aliphatic heterocycles. The molecule has 1 aromatic carbocycles. The fourth-order valence-electron chi connectivity index (χ4n) is 7.68. The quantitative estimate of drug-likeness (QED) is 0.820. The molecule has 7 rings (SSSR count). The topological polar surface area (TPSA) is 60.4 Å². The number of likely N-dealkylation sites (tertiary alicyclic amines) is 1. The Morgan fingerprint density at radius 3 is 2.73 bits per heavy atom. The fraction of sp³-hybridized carbons (Fsp3) is 0.750. The summed E-state index contributed by atoms with van der Waals surface area (Å²) in [6, 6.07) is 4.34. The normalized spacial score (nSPS) is 44.6. The number of ether oxygens (including phenoxy) is 4. The lowest BCUT2D eigenvalue weighted by Gasteiger charge is -2.65. The number of hydrogen-bond acceptors (Lipinski definition) is 6. The van der Waals surface area contributed by atoms with Crippen molar-refractivity contribution >= 4 is 0 Å². The maximum absolute atomic E-state index is 12.5. The van der Waals surface area contributed by atoms with Crippen molar-refractivity contribution in [3.8, 4) is 11.5 Å². The minimum atomic E-state index is -0.834. The number of hydrogen-bond donors (Lipinski definition) is 1. The molecule has 0 aromatic heterocycles. The average Bonchev–Trinajstić information content (AvgIpc) is 3.12. The standard InChI is InChI=1S/C24H31NO5/c1-14-11-16(14)13-25-8-7-22-19-15-3-4-17(27-2)20(19)30-21(22)24(28-9-10-29-24)6-5-23(22,26)18(25)12-15/h3-4,14,16,18,21,26H,5-13H2,1-2H3/t14-,16?,18?,21-,22?,23-/m1/s1. The molecular weight excluding hydrogens is 382 g/mol. The summed E-state index contributed by atoms with van der Waals surface area (Å²) < 4.78 is 24.9. The van der Waals surface area contributed by atoms with Crippen molar-refractivity contribution < 1.29 is 24.1 Å². The lowest BCUT2D eigenvalue weighted by atomic mass is 9.48. The van der Waals surface area contributed by atoms with Crippen LogP contribution in [0.4, 0.5) is 0 Å². The van der Waals surface area contributed by atoms with E-state index in [4.69, 9.17) is 18.9 Å². The predicted molar refractivity (Wildman–Crippen MR) is 109 cm³/mol. The Hall–Kier alpha value is -1.34. The van der Waals surface area contributed by atoms with Crippen LogP contribution in [0.5, 0.6) is 11.5 Å². The van der Waals surface area contributed by atoms with Crippen LogP contribution in [-0.4, -0.2) is 67.0 Å². The molecule has 2 saturated carbocycles. The van der Waals surface area contributed by atoms with Gasteiger partial charge in [-0.15, -0.1) is 0 Å². The number of nitrogens with zero attached hydrogens (tertiary/aromatic N) is 1. The Morgan fingerprint density at radius 1 is 1.20 bits per heavy atom. The highest BCUT2D eigenvalue weighted by Gasteiger charge is 2.77. The summed E-state index contributed by atoms with van der Waals surface area (Å²) in [7, 11) is 1.69. The SMILES string of the molecule is COc1ccc2c3c1O[C@H]1C4(CC[C@@]5(O)C(C2)N(CC2C[C@H]2C)CCC315)OCCO4. The molecule has 4 fully saturated rings. The molecule has 1 N–H and O–H groups in total. The Labute approximate surface area is 177 Å². The van der Waals surface area contributed by atoms with Crippen LogP contribution in [0, 0.1) is 11.8 Å². The van der Waals surface area contributed by atoms with Crippen molar-refractivity contribution in [1.29, 1.82) is 0 Å². The molecule has 3 heterocycles. The van der Waals surface area contributed by atoms with E-state index >= 15 is 0 Å². The summed E-state index contributed by atoms with van der Waals surface area (Å²) in [4.78, 5) is 2.59. The van der Waals surface area contributed by atoms with Crippen LogP contribution in [-0.2, 0) is 21.3 Å². The lowest BCUT2D eigenvalue weighted by Crippen LogP contribution is -2.79. The summed E-state index contributed by atoms with van der Waals surface area (Å²) in [6.45, 7) is 5.61. The van der Waals surface area contributed by atoms with Crippen LogP contribution in [0.15, 0.2) is 12.1 Å². The third-order valence-corrected chi connectivity index (χ3v) is 9.30. The van der Waals surface area contributed by atoms with Crippen molar-refractivity contribution in [3.63, 3.8) is 0 Å². The van der Waals surface area contributed by atoms with Crippen LogP contribution in [0.1, 0.15) is 43.7 Å². The number of piperidine rings is 1. The number of fused-ring (bicyclic) bond motifs is 1. The van der Waals surface area contributed by atoms with Crippen molar-refractivity contribution in [1.82, 2.24) is 4.90 Å². The third kappa shape index (κ3) is 1.96. The minimum absolute atomic E-state index is 0.121. The van der Waals surface area contributed by atoms with Crippen LogP contribution in [0.25, 0.3) is 0 Å². The highest BCUT2D eigenvalue weighted by Crippen LogP contribution is 2.68. The van der Waals surface area contributed by atoms with Gasteiger partial charge in [0.1, 0.15) is 0 Å². The smallest absolute Gasteiger partial charge is 0.207 e. The van der Waals surface area contributed by atoms with Crippen LogP contribution in [0.2, 0.25) is 0 Å². The number of benzene rings is 1. The zero-order valence-electron chi connectivity index (χ0n) is 17.9. The van der Waals surface area contributed by atoms with Gasteiger partial charge in [0, 0.05) is 24.6 Å². The van der Waals surface area contributed by atoms with Gasteiger partial charge in [-0.3, -0.25) is 4.90 Å². The molecule has 0 radical (unpaired) electrons. The van der Waals surface area contributed by atoms with E-state index in [1.54, 1.807) is 7.11 Å². The molecule has 3 unspecified atom stereocenters. The van der Waals surface area contributed by atoms with E-state index in [1.165, 1.54) is 17.5 Å². The molecule has 2 spiro atoms. The zero-order chi connectivity index (χ0) is 20.3. The van der Waals surface area contributed by atoms with E-state index in [-0.39, 0.29) is 12.1 Å². The molecule has 3 aliphatic carbocycles. The van der Waals surface area contributed by atoms with Crippen LogP contribution < -0.4 is 9.47 Å². The van der Waals surface area contributed by atoms with E-state index < -0.39 is 16.8 Å². The molecule has 1 aromatic rings. The van der Waals surface area contributed by atoms with Crippen molar-refractivity contribution in [2.24, 2.45) is 11.8 Å². The highest BCUT2D eigenvalue weighted by atomic mass is 16.8. The van der Waals surface area contributed by atoms with E-state index in [0.717, 1.165) is 49.3 Å². The maximum Gasteiger partial charge on any atom is 0.207 e. The summed E-state index contributed by atoms with van der Waals surface area (Å²) in [6.07, 6.45) is 4.09. The first kappa shape index (κ1) is 18.3. The second-order valence-electron chi connectivity index (χ2n) is 10.5. The Morgan fingerprint density at radius 2 is 2.00 bits per heavy atom. The van der Waals surface area contributed by atoms with Crippen LogP contribution in [0.3, 0.4) is 0 Å². The molecule has 162 valence electrons. The van der Waals surface area contributed by atoms with Gasteiger partial charge >= 0.3 is 0 Å². The van der Waals surface area contributed by atoms with Gasteiger partial charge in [0.15, 0.2) is 17.6 Å². The number of methoxy groups -OCH3 is 1. The first-order valence-corrected chi connectivity index (χ1v) is 11.6. The van der Waals surface area contributed by atoms with E-state index in [2.05, 4.69) is 17.9 Å². The summed E-state index contributed by atoms with van der Waals surface area (Å²) >= 11 is 0. The average molecular weight is 414 g/mol. The van der Waals surface area contributed by atoms with Gasteiger partial charge in [-0.1, -0.05) is 13.0 Å². The molecule has 0 amide bonds. The molecule has 6 atom stereocenters. The molecule has 30 heavy (non-hydrogen) atoms. The Kier molecular flexibility index (Phi) is 3.48. The molecule has 6 aliphatic rings. The second-order valence-corrected chi connectivity index (χ2v) is 10.5. The van der Waals surface area contributed by atoms with Crippen molar-refractivity contribution in [2.75, 3.05) is 33.4 Å². The summed E-state index contributed by atoms with van der Waals surface area (Å²) in [5.41, 5.74) is 1.14. The van der Waals surface area contributed by atoms with Gasteiger partial charge in [0.05, 0.1) is 31.3 Å². The van der Waals surface area contributed by atoms with E-state index in [0.29, 0.717) is 26.1 Å². The minimum Gasteiger partial charge on any atom is -0.493 e. The van der Waals surface area contributed by atoms with E-state index in [1.807, 2.05) is 6.07 Å². The first-order chi connectivity index (χ1) is 14.5. The molecule has 2 saturated heterocycles. The maximum atomic E-state index is 12.5. The molecule has 6 heteroatoms. The molecule has 6 nitrogen and oxygen atoms in total. The Balaban J connectivity index is 1.41. The van der Waals surface area contributed by atoms with Crippen molar-refractivity contribution in [2.45, 2.75) is 68.0 Å².